The molecular formula is C27H53NO2P. The topological polar surface area (TPSA) is 40.2 Å². The molecule has 1 aliphatic rings. The van der Waals surface area contributed by atoms with E-state index in [1.165, 1.54) is 96.3 Å². The smallest absolute Gasteiger partial charge is 0.0849 e. The van der Waals surface area contributed by atoms with E-state index in [2.05, 4.69) is 13.5 Å². The number of hydrogen-bond acceptors (Lipinski definition) is 2. The molecule has 183 valence electrons. The second-order valence-electron chi connectivity index (χ2n) is 11.0. The molecule has 0 bridgehead atoms. The average Bonchev–Trinajstić information content (AvgIpc) is 2.84. The zero-order chi connectivity index (χ0) is 23.3. The lowest BCUT2D eigenvalue weighted by atomic mass is 9.95. The molecule has 2 atom stereocenters. The fourth-order valence-corrected chi connectivity index (χ4v) is 7.86. The minimum absolute atomic E-state index is 0.152. The molecule has 1 rings (SSSR count). The molecule has 3 nitrogen and oxygen atoms in total. The molecular weight excluding hydrogens is 401 g/mol. The molecule has 0 N–H and O–H groups in total. The van der Waals surface area contributed by atoms with E-state index in [-0.39, 0.29) is 5.66 Å². The normalized spacial score (nSPS) is 21.6. The van der Waals surface area contributed by atoms with Crippen molar-refractivity contribution in [2.75, 3.05) is 6.16 Å². The van der Waals surface area contributed by atoms with Crippen LogP contribution >= 0.6 is 7.80 Å². The van der Waals surface area contributed by atoms with Crippen molar-refractivity contribution >= 4 is 7.80 Å². The van der Waals surface area contributed by atoms with Crippen molar-refractivity contribution in [1.82, 2.24) is 5.06 Å². The number of hydrogen-bond donors (Lipinski definition) is 0. The highest BCUT2D eigenvalue weighted by Crippen LogP contribution is 2.53. The molecule has 1 aliphatic heterocycles. The maximum Gasteiger partial charge on any atom is 0.0849 e. The molecule has 0 aromatic heterocycles. The fraction of sp³-hybridized carbons (Fsp3) is 0.926. The van der Waals surface area contributed by atoms with Crippen LogP contribution in [0.4, 0.5) is 0 Å². The van der Waals surface area contributed by atoms with Crippen LogP contribution in [0.15, 0.2) is 12.2 Å². The summed E-state index contributed by atoms with van der Waals surface area (Å²) < 4.78 is 13.0. The molecule has 0 amide bonds. The first-order chi connectivity index (χ1) is 14.7. The van der Waals surface area contributed by atoms with Crippen molar-refractivity contribution in [2.24, 2.45) is 0 Å². The van der Waals surface area contributed by atoms with Gasteiger partial charge in [0.05, 0.1) is 24.5 Å². The highest BCUT2D eigenvalue weighted by molar-refractivity contribution is 7.46. The van der Waals surface area contributed by atoms with Gasteiger partial charge < -0.3 is 4.57 Å². The Balaban J connectivity index is 2.00. The van der Waals surface area contributed by atoms with Gasteiger partial charge in [0.25, 0.3) is 0 Å². The van der Waals surface area contributed by atoms with Crippen LogP contribution in [-0.2, 0) is 9.77 Å². The Morgan fingerprint density at radius 3 is 1.42 bits per heavy atom. The highest BCUT2D eigenvalue weighted by atomic mass is 31.1. The van der Waals surface area contributed by atoms with E-state index in [0.717, 1.165) is 23.2 Å². The summed E-state index contributed by atoms with van der Waals surface area (Å²) >= 11 is 0. The zero-order valence-corrected chi connectivity index (χ0v) is 22.6. The summed E-state index contributed by atoms with van der Waals surface area (Å²) in [5.41, 5.74) is -0.497. The van der Waals surface area contributed by atoms with Crippen LogP contribution in [0.2, 0.25) is 0 Å². The number of nitrogens with zero attached hydrogens (tertiary/aromatic N) is 1. The Morgan fingerprint density at radius 1 is 0.742 bits per heavy atom. The summed E-state index contributed by atoms with van der Waals surface area (Å²) in [6.45, 7) is 14.1. The van der Waals surface area contributed by atoms with Crippen LogP contribution < -0.4 is 0 Å². The quantitative estimate of drug-likeness (QED) is 0.118. The molecule has 1 fully saturated rings. The fourth-order valence-electron chi connectivity index (χ4n) is 5.33. The van der Waals surface area contributed by atoms with Gasteiger partial charge in [-0.05, 0) is 45.9 Å². The van der Waals surface area contributed by atoms with Gasteiger partial charge >= 0.3 is 0 Å². The van der Waals surface area contributed by atoms with Crippen LogP contribution in [-0.4, -0.2) is 28.0 Å². The minimum atomic E-state index is -1.84. The van der Waals surface area contributed by atoms with Crippen LogP contribution in [0.25, 0.3) is 0 Å². The Morgan fingerprint density at radius 2 is 1.10 bits per heavy atom. The van der Waals surface area contributed by atoms with E-state index in [1.807, 2.05) is 27.7 Å². The van der Waals surface area contributed by atoms with Gasteiger partial charge in [-0.25, -0.2) is 0 Å². The third-order valence-electron chi connectivity index (χ3n) is 7.47. The van der Waals surface area contributed by atoms with Crippen molar-refractivity contribution in [3.63, 3.8) is 0 Å². The lowest BCUT2D eigenvalue weighted by molar-refractivity contribution is -0.239. The van der Waals surface area contributed by atoms with E-state index in [4.69, 9.17) is 0 Å². The SMILES string of the molecule is C=C1C([PH](=O)CCCCCCCCCCCCCCCCCC)C(C)(C)N([O])C1(C)C. The van der Waals surface area contributed by atoms with E-state index >= 15 is 0 Å². The van der Waals surface area contributed by atoms with Crippen LogP contribution in [0.5, 0.6) is 0 Å². The Kier molecular flexibility index (Phi) is 13.9. The molecule has 0 spiro atoms. The summed E-state index contributed by atoms with van der Waals surface area (Å²) in [5.74, 6) is 0. The molecule has 4 heteroatoms. The van der Waals surface area contributed by atoms with Gasteiger partial charge in [-0.2, -0.15) is 0 Å². The maximum absolute atomic E-state index is 13.0. The van der Waals surface area contributed by atoms with Crippen molar-refractivity contribution < 1.29 is 9.77 Å². The molecule has 1 saturated heterocycles. The van der Waals surface area contributed by atoms with Gasteiger partial charge in [0.2, 0.25) is 0 Å². The summed E-state index contributed by atoms with van der Waals surface area (Å²) in [4.78, 5) is 0. The average molecular weight is 455 g/mol. The predicted octanol–water partition coefficient (Wildman–Crippen LogP) is 8.95. The summed E-state index contributed by atoms with van der Waals surface area (Å²) in [7, 11) is -1.84. The van der Waals surface area contributed by atoms with Gasteiger partial charge in [-0.3, -0.25) is 0 Å². The molecule has 0 saturated carbocycles. The van der Waals surface area contributed by atoms with Gasteiger partial charge in [-0.1, -0.05) is 110 Å². The first-order valence-corrected chi connectivity index (χ1v) is 15.1. The van der Waals surface area contributed by atoms with Crippen LogP contribution in [0.1, 0.15) is 137 Å². The summed E-state index contributed by atoms with van der Waals surface area (Å²) in [5, 5.41) is 13.8. The van der Waals surface area contributed by atoms with Crippen molar-refractivity contribution in [3.05, 3.63) is 12.2 Å². The summed E-state index contributed by atoms with van der Waals surface area (Å²) in [6, 6.07) is 0. The monoisotopic (exact) mass is 454 g/mol. The zero-order valence-electron chi connectivity index (χ0n) is 21.6. The Bertz CT molecular complexity index is 529. The van der Waals surface area contributed by atoms with Gasteiger partial charge in [0.1, 0.15) is 0 Å². The third kappa shape index (κ3) is 9.34. The lowest BCUT2D eigenvalue weighted by Gasteiger charge is -2.32. The van der Waals surface area contributed by atoms with Gasteiger partial charge in [0, 0.05) is 0 Å². The first kappa shape index (κ1) is 28.9. The molecule has 2 unspecified atom stereocenters. The molecule has 1 heterocycles. The number of hydroxylamine groups is 2. The standard InChI is InChI=1S/C27H53NO2P/c1-7-8-9-10-11-12-13-14-15-16-17-18-19-20-21-22-23-31(30)25-24(2)26(3,4)28(29)27(25,5)6/h25,31H,2,7-23H2,1,3-6H3. The van der Waals surface area contributed by atoms with Crippen molar-refractivity contribution in [3.8, 4) is 0 Å². The largest absolute Gasteiger partial charge is 0.326 e. The maximum atomic E-state index is 13.0. The molecule has 31 heavy (non-hydrogen) atoms. The molecule has 0 aliphatic carbocycles. The highest BCUT2D eigenvalue weighted by Gasteiger charge is 2.56. The first-order valence-electron chi connectivity index (χ1n) is 13.4. The second-order valence-corrected chi connectivity index (χ2v) is 13.0. The Labute approximate surface area is 195 Å². The molecule has 0 aromatic rings. The Hall–Kier alpha value is -0.110. The second kappa shape index (κ2) is 14.9. The van der Waals surface area contributed by atoms with E-state index in [9.17, 15) is 9.77 Å². The summed E-state index contributed by atoms with van der Waals surface area (Å²) in [6.07, 6.45) is 22.4. The molecule has 1 radical (unpaired) electrons. The van der Waals surface area contributed by atoms with Gasteiger partial charge in [0.15, 0.2) is 0 Å². The minimum Gasteiger partial charge on any atom is -0.326 e. The van der Waals surface area contributed by atoms with Gasteiger partial charge in [-0.15, -0.1) is 10.3 Å². The number of unbranched alkanes of at least 4 members (excludes halogenated alkanes) is 15. The molecule has 0 aromatic carbocycles. The van der Waals surface area contributed by atoms with E-state index in [1.54, 1.807) is 0 Å². The third-order valence-corrected chi connectivity index (χ3v) is 10.0. The van der Waals surface area contributed by atoms with Crippen LogP contribution in [0, 0.1) is 0 Å². The van der Waals surface area contributed by atoms with E-state index in [0.29, 0.717) is 0 Å². The predicted molar refractivity (Wildman–Crippen MR) is 137 cm³/mol. The number of rotatable bonds is 18. The van der Waals surface area contributed by atoms with Crippen molar-refractivity contribution in [2.45, 2.75) is 154 Å². The van der Waals surface area contributed by atoms with Crippen molar-refractivity contribution in [1.29, 1.82) is 0 Å². The van der Waals surface area contributed by atoms with E-state index < -0.39 is 18.9 Å². The lowest BCUT2D eigenvalue weighted by Crippen LogP contribution is -2.47. The van der Waals surface area contributed by atoms with Crippen LogP contribution in [0.3, 0.4) is 0 Å².